The second kappa shape index (κ2) is 7.97. The first-order chi connectivity index (χ1) is 14.1. The zero-order chi connectivity index (χ0) is 21.7. The van der Waals surface area contributed by atoms with Crippen LogP contribution >= 0.6 is 0 Å². The molecule has 3 nitrogen and oxygen atoms in total. The Hall–Kier alpha value is -1.34. The Morgan fingerprint density at radius 2 is 1.93 bits per heavy atom. The second-order valence-corrected chi connectivity index (χ2v) is 10.8. The SMILES string of the molecule is C=C1/C(=C\C=C2/CCC[C@]3(C)[C@@H]([C@H](C)C#CC4OC4(C)C)CC[C@@H]23)C[C@@H](O)C[C@@H]1O. The summed E-state index contributed by atoms with van der Waals surface area (Å²) >= 11 is 0. The van der Waals surface area contributed by atoms with Gasteiger partial charge in [0.2, 0.25) is 0 Å². The van der Waals surface area contributed by atoms with E-state index in [-0.39, 0.29) is 11.7 Å². The van der Waals surface area contributed by atoms with Gasteiger partial charge in [0.25, 0.3) is 0 Å². The third kappa shape index (κ3) is 4.07. The topological polar surface area (TPSA) is 53.0 Å². The van der Waals surface area contributed by atoms with Gasteiger partial charge in [-0.15, -0.1) is 0 Å². The van der Waals surface area contributed by atoms with Crippen molar-refractivity contribution < 1.29 is 14.9 Å². The Morgan fingerprint density at radius 1 is 1.20 bits per heavy atom. The van der Waals surface area contributed by atoms with Gasteiger partial charge >= 0.3 is 0 Å². The molecular formula is C27H38O3. The summed E-state index contributed by atoms with van der Waals surface area (Å²) in [5, 5.41) is 20.2. The van der Waals surface area contributed by atoms with E-state index in [1.165, 1.54) is 31.3 Å². The normalized spacial score (nSPS) is 43.8. The predicted molar refractivity (Wildman–Crippen MR) is 121 cm³/mol. The van der Waals surface area contributed by atoms with Crippen molar-refractivity contribution in [2.75, 3.05) is 0 Å². The molecule has 0 radical (unpaired) electrons. The van der Waals surface area contributed by atoms with Crippen LogP contribution in [0.3, 0.4) is 0 Å². The molecule has 3 heteroatoms. The molecule has 4 fully saturated rings. The van der Waals surface area contributed by atoms with Crippen molar-refractivity contribution in [2.45, 2.75) is 96.6 Å². The van der Waals surface area contributed by atoms with Crippen LogP contribution in [0.1, 0.15) is 72.6 Å². The number of allylic oxidation sites excluding steroid dienone is 3. The van der Waals surface area contributed by atoms with Crippen molar-refractivity contribution in [3.05, 3.63) is 35.5 Å². The third-order valence-electron chi connectivity index (χ3n) is 8.34. The molecule has 7 atom stereocenters. The summed E-state index contributed by atoms with van der Waals surface area (Å²) in [4.78, 5) is 0. The van der Waals surface area contributed by atoms with Crippen molar-refractivity contribution in [1.29, 1.82) is 0 Å². The zero-order valence-electron chi connectivity index (χ0n) is 19.1. The number of hydrogen-bond acceptors (Lipinski definition) is 3. The van der Waals surface area contributed by atoms with E-state index >= 15 is 0 Å². The molecule has 3 aliphatic carbocycles. The fourth-order valence-electron chi connectivity index (χ4n) is 6.35. The van der Waals surface area contributed by atoms with Crippen LogP contribution in [0.2, 0.25) is 0 Å². The summed E-state index contributed by atoms with van der Waals surface area (Å²) in [5.74, 6) is 8.54. The molecule has 1 aliphatic heterocycles. The minimum Gasteiger partial charge on any atom is -0.393 e. The van der Waals surface area contributed by atoms with Gasteiger partial charge in [0.1, 0.15) is 11.7 Å². The Balaban J connectivity index is 1.50. The van der Waals surface area contributed by atoms with E-state index in [4.69, 9.17) is 4.74 Å². The number of aliphatic hydroxyl groups is 2. The molecule has 1 heterocycles. The molecule has 0 amide bonds. The lowest BCUT2D eigenvalue weighted by atomic mass is 9.61. The summed E-state index contributed by atoms with van der Waals surface area (Å²) in [6.07, 6.45) is 10.5. The lowest BCUT2D eigenvalue weighted by Crippen LogP contribution is -2.35. The van der Waals surface area contributed by atoms with Gasteiger partial charge in [0.15, 0.2) is 0 Å². The molecular weight excluding hydrogens is 372 g/mol. The highest BCUT2D eigenvalue weighted by molar-refractivity contribution is 5.38. The standard InChI is InChI=1S/C27H38O3/c1-17(8-13-25-26(3,4)30-25)22-11-12-23-19(7-6-14-27(22,23)5)9-10-20-15-21(28)16-24(29)18(20)2/h9-10,17,21-25,28-29H,2,6-7,11-12,14-16H2,1,3-5H3/b19-9+,20-10-/t17-,21-,22-,23+,24+,25?,27-/m1/s1. The molecule has 1 unspecified atom stereocenters. The highest BCUT2D eigenvalue weighted by Crippen LogP contribution is 2.59. The number of rotatable bonds is 2. The van der Waals surface area contributed by atoms with Gasteiger partial charge in [-0.3, -0.25) is 0 Å². The van der Waals surface area contributed by atoms with E-state index in [2.05, 4.69) is 58.3 Å². The van der Waals surface area contributed by atoms with Crippen LogP contribution in [0.15, 0.2) is 35.5 Å². The van der Waals surface area contributed by atoms with E-state index in [0.29, 0.717) is 36.0 Å². The van der Waals surface area contributed by atoms with Gasteiger partial charge in [-0.25, -0.2) is 0 Å². The minimum absolute atomic E-state index is 0.0621. The van der Waals surface area contributed by atoms with Crippen LogP contribution in [0.25, 0.3) is 0 Å². The van der Waals surface area contributed by atoms with Gasteiger partial charge in [-0.1, -0.05) is 50.0 Å². The van der Waals surface area contributed by atoms with Crippen LogP contribution in [-0.2, 0) is 4.74 Å². The smallest absolute Gasteiger partial charge is 0.147 e. The van der Waals surface area contributed by atoms with E-state index in [9.17, 15) is 10.2 Å². The first-order valence-corrected chi connectivity index (χ1v) is 11.8. The average Bonchev–Trinajstić information content (AvgIpc) is 3.12. The van der Waals surface area contributed by atoms with Crippen molar-refractivity contribution in [3.63, 3.8) is 0 Å². The molecule has 4 aliphatic rings. The summed E-state index contributed by atoms with van der Waals surface area (Å²) in [5.41, 5.74) is 3.55. The Labute approximate surface area is 182 Å². The van der Waals surface area contributed by atoms with Crippen LogP contribution in [0.5, 0.6) is 0 Å². The maximum atomic E-state index is 10.1. The summed E-state index contributed by atoms with van der Waals surface area (Å²) < 4.78 is 5.65. The van der Waals surface area contributed by atoms with E-state index in [0.717, 1.165) is 17.6 Å². The van der Waals surface area contributed by atoms with Crippen molar-refractivity contribution in [3.8, 4) is 11.8 Å². The van der Waals surface area contributed by atoms with Gasteiger partial charge in [0, 0.05) is 12.3 Å². The Bertz CT molecular complexity index is 823. The largest absolute Gasteiger partial charge is 0.393 e. The highest BCUT2D eigenvalue weighted by Gasteiger charge is 2.51. The quantitative estimate of drug-likeness (QED) is 0.500. The van der Waals surface area contributed by atoms with Gasteiger partial charge in [-0.2, -0.15) is 0 Å². The third-order valence-corrected chi connectivity index (χ3v) is 8.34. The molecule has 0 spiro atoms. The van der Waals surface area contributed by atoms with Crippen LogP contribution in [0.4, 0.5) is 0 Å². The van der Waals surface area contributed by atoms with Crippen molar-refractivity contribution in [1.82, 2.24) is 0 Å². The molecule has 0 aromatic rings. The Morgan fingerprint density at radius 3 is 2.63 bits per heavy atom. The molecule has 0 bridgehead atoms. The van der Waals surface area contributed by atoms with Gasteiger partial charge < -0.3 is 14.9 Å². The number of fused-ring (bicyclic) bond motifs is 1. The number of epoxide rings is 1. The zero-order valence-corrected chi connectivity index (χ0v) is 19.1. The predicted octanol–water partition coefficient (Wildman–Crippen LogP) is 4.94. The fraction of sp³-hybridized carbons (Fsp3) is 0.704. The molecule has 0 aromatic heterocycles. The van der Waals surface area contributed by atoms with Gasteiger partial charge in [-0.05, 0) is 80.8 Å². The van der Waals surface area contributed by atoms with Crippen LogP contribution in [-0.4, -0.2) is 34.1 Å². The molecule has 2 N–H and O–H groups in total. The van der Waals surface area contributed by atoms with Gasteiger partial charge in [0.05, 0.1) is 12.2 Å². The van der Waals surface area contributed by atoms with E-state index in [1.807, 2.05) is 0 Å². The second-order valence-electron chi connectivity index (χ2n) is 10.8. The number of hydrogen-bond donors (Lipinski definition) is 2. The van der Waals surface area contributed by atoms with Crippen LogP contribution in [0, 0.1) is 35.0 Å². The fourth-order valence-corrected chi connectivity index (χ4v) is 6.35. The number of ether oxygens (including phenoxy) is 1. The van der Waals surface area contributed by atoms with Crippen molar-refractivity contribution >= 4 is 0 Å². The first kappa shape index (κ1) is 21.9. The maximum Gasteiger partial charge on any atom is 0.147 e. The summed E-state index contributed by atoms with van der Waals surface area (Å²) in [6, 6.07) is 0. The molecule has 30 heavy (non-hydrogen) atoms. The molecule has 4 rings (SSSR count). The highest BCUT2D eigenvalue weighted by atomic mass is 16.6. The lowest BCUT2D eigenvalue weighted by Gasteiger charge is -2.43. The molecule has 0 aromatic carbocycles. The van der Waals surface area contributed by atoms with Crippen LogP contribution < -0.4 is 0 Å². The monoisotopic (exact) mass is 410 g/mol. The summed E-state index contributed by atoms with van der Waals surface area (Å²) in [7, 11) is 0. The van der Waals surface area contributed by atoms with E-state index in [1.54, 1.807) is 0 Å². The van der Waals surface area contributed by atoms with E-state index < -0.39 is 12.2 Å². The number of aliphatic hydroxyl groups excluding tert-OH is 2. The molecule has 3 saturated carbocycles. The first-order valence-electron chi connectivity index (χ1n) is 11.8. The lowest BCUT2D eigenvalue weighted by molar-refractivity contribution is 0.0862. The summed E-state index contributed by atoms with van der Waals surface area (Å²) in [6.45, 7) is 13.1. The average molecular weight is 411 g/mol. The Kier molecular flexibility index (Phi) is 5.81. The molecule has 164 valence electrons. The molecule has 1 saturated heterocycles. The minimum atomic E-state index is -0.620. The maximum absolute atomic E-state index is 10.1. The van der Waals surface area contributed by atoms with Crippen molar-refractivity contribution in [2.24, 2.45) is 23.2 Å².